The van der Waals surface area contributed by atoms with Gasteiger partial charge in [0.25, 0.3) is 15.9 Å². The number of rotatable bonds is 6. The molecular formula is C19H19N3O5S. The van der Waals surface area contributed by atoms with E-state index in [9.17, 15) is 13.2 Å². The third-order valence-electron chi connectivity index (χ3n) is 3.83. The van der Waals surface area contributed by atoms with Gasteiger partial charge >= 0.3 is 5.97 Å². The summed E-state index contributed by atoms with van der Waals surface area (Å²) in [5, 5.41) is 3.65. The van der Waals surface area contributed by atoms with Gasteiger partial charge in [-0.25, -0.2) is 13.2 Å². The highest BCUT2D eigenvalue weighted by Gasteiger charge is 2.21. The molecule has 8 nitrogen and oxygen atoms in total. The molecule has 0 saturated carbocycles. The summed E-state index contributed by atoms with van der Waals surface area (Å²) in [4.78, 5) is 16.3. The summed E-state index contributed by atoms with van der Waals surface area (Å²) in [6.45, 7) is 5.10. The van der Waals surface area contributed by atoms with Crippen LogP contribution in [0.1, 0.15) is 40.7 Å². The van der Waals surface area contributed by atoms with E-state index < -0.39 is 22.1 Å². The highest BCUT2D eigenvalue weighted by atomic mass is 32.2. The van der Waals surface area contributed by atoms with Crippen molar-refractivity contribution in [2.24, 2.45) is 0 Å². The molecule has 0 saturated heterocycles. The first-order valence-corrected chi connectivity index (χ1v) is 9.93. The molecule has 1 atom stereocenters. The second kappa shape index (κ2) is 7.81. The molecule has 0 amide bonds. The lowest BCUT2D eigenvalue weighted by atomic mass is 10.2. The van der Waals surface area contributed by atoms with Gasteiger partial charge in [-0.1, -0.05) is 23.4 Å². The van der Waals surface area contributed by atoms with Crippen molar-refractivity contribution in [3.63, 3.8) is 0 Å². The molecule has 1 unspecified atom stereocenters. The Labute approximate surface area is 162 Å². The monoisotopic (exact) mass is 401 g/mol. The van der Waals surface area contributed by atoms with Crippen molar-refractivity contribution < 1.29 is 22.5 Å². The molecule has 2 aromatic carbocycles. The highest BCUT2D eigenvalue weighted by molar-refractivity contribution is 7.92. The number of hydrogen-bond acceptors (Lipinski definition) is 7. The van der Waals surface area contributed by atoms with Crippen LogP contribution in [0.25, 0.3) is 0 Å². The Hall–Kier alpha value is -3.20. The number of ether oxygens (including phenoxy) is 1. The largest absolute Gasteiger partial charge is 0.449 e. The van der Waals surface area contributed by atoms with E-state index in [1.54, 1.807) is 32.0 Å². The average molecular weight is 401 g/mol. The van der Waals surface area contributed by atoms with E-state index in [2.05, 4.69) is 14.9 Å². The van der Waals surface area contributed by atoms with Crippen molar-refractivity contribution in [1.29, 1.82) is 0 Å². The van der Waals surface area contributed by atoms with Crippen LogP contribution in [0, 0.1) is 13.8 Å². The Bertz CT molecular complexity index is 1110. The highest BCUT2D eigenvalue weighted by Crippen LogP contribution is 2.21. The van der Waals surface area contributed by atoms with Crippen molar-refractivity contribution in [2.45, 2.75) is 31.8 Å². The average Bonchev–Trinajstić information content (AvgIpc) is 3.08. The number of hydrogen-bond donors (Lipinski definition) is 1. The maximum atomic E-state index is 12.6. The van der Waals surface area contributed by atoms with Crippen LogP contribution in [-0.4, -0.2) is 24.5 Å². The lowest BCUT2D eigenvalue weighted by Gasteiger charge is -2.11. The van der Waals surface area contributed by atoms with Crippen LogP contribution in [0.5, 0.6) is 0 Å². The molecule has 9 heteroatoms. The minimum Gasteiger partial charge on any atom is -0.449 e. The predicted molar refractivity (Wildman–Crippen MR) is 101 cm³/mol. The van der Waals surface area contributed by atoms with E-state index >= 15 is 0 Å². The fraction of sp³-hybridized carbons (Fsp3) is 0.211. The van der Waals surface area contributed by atoms with Crippen molar-refractivity contribution in [1.82, 2.24) is 10.1 Å². The molecule has 0 bridgehead atoms. The minimum atomic E-state index is -3.86. The topological polar surface area (TPSA) is 111 Å². The molecule has 0 aliphatic rings. The summed E-state index contributed by atoms with van der Waals surface area (Å²) < 4.78 is 38.0. The first-order chi connectivity index (χ1) is 13.2. The molecule has 0 aliphatic heterocycles. The number of carbonyl (C=O) groups is 1. The van der Waals surface area contributed by atoms with Gasteiger partial charge in [-0.2, -0.15) is 4.98 Å². The molecule has 1 N–H and O–H groups in total. The van der Waals surface area contributed by atoms with Crippen molar-refractivity contribution in [3.8, 4) is 0 Å². The fourth-order valence-electron chi connectivity index (χ4n) is 2.47. The SMILES string of the molecule is Cc1cccc(NS(=O)(=O)c2cccc(C(=O)OC(C)c3nc(C)no3)c2)c1. The summed E-state index contributed by atoms with van der Waals surface area (Å²) in [5.41, 5.74) is 1.45. The van der Waals surface area contributed by atoms with Gasteiger partial charge in [0.1, 0.15) is 0 Å². The third-order valence-corrected chi connectivity index (χ3v) is 5.20. The normalized spacial score (nSPS) is 12.4. The molecule has 1 heterocycles. The van der Waals surface area contributed by atoms with Crippen LogP contribution < -0.4 is 4.72 Å². The Morgan fingerprint density at radius 2 is 1.89 bits per heavy atom. The standard InChI is InChI=1S/C19H19N3O5S/c1-12-6-4-8-16(10-12)22-28(24,25)17-9-5-7-15(11-17)19(23)26-13(2)18-20-14(3)21-27-18/h4-11,13,22H,1-3H3. The second-order valence-corrected chi connectivity index (χ2v) is 7.91. The van der Waals surface area contributed by atoms with Crippen LogP contribution >= 0.6 is 0 Å². The molecule has 1 aromatic heterocycles. The van der Waals surface area contributed by atoms with Gasteiger partial charge in [0.15, 0.2) is 11.9 Å². The maximum absolute atomic E-state index is 12.6. The van der Waals surface area contributed by atoms with E-state index in [0.717, 1.165) is 5.56 Å². The number of aryl methyl sites for hydroxylation is 2. The minimum absolute atomic E-state index is 0.0512. The number of nitrogens with one attached hydrogen (secondary N) is 1. The van der Waals surface area contributed by atoms with E-state index in [4.69, 9.17) is 9.26 Å². The Morgan fingerprint density at radius 3 is 2.57 bits per heavy atom. The number of sulfonamides is 1. The van der Waals surface area contributed by atoms with Gasteiger partial charge in [0.05, 0.1) is 10.5 Å². The van der Waals surface area contributed by atoms with Gasteiger partial charge in [0.2, 0.25) is 0 Å². The summed E-state index contributed by atoms with van der Waals surface area (Å²) in [7, 11) is -3.86. The molecule has 0 aliphatic carbocycles. The number of esters is 1. The zero-order valence-electron chi connectivity index (χ0n) is 15.5. The smallest absolute Gasteiger partial charge is 0.338 e. The first kappa shape index (κ1) is 19.6. The zero-order valence-corrected chi connectivity index (χ0v) is 16.4. The third kappa shape index (κ3) is 4.55. The summed E-state index contributed by atoms with van der Waals surface area (Å²) in [6, 6.07) is 12.6. The lowest BCUT2D eigenvalue weighted by molar-refractivity contribution is 0.0265. The van der Waals surface area contributed by atoms with Crippen LogP contribution in [-0.2, 0) is 14.8 Å². The molecule has 3 aromatic rings. The van der Waals surface area contributed by atoms with E-state index in [-0.39, 0.29) is 16.3 Å². The van der Waals surface area contributed by atoms with E-state index in [1.807, 2.05) is 13.0 Å². The van der Waals surface area contributed by atoms with Gasteiger partial charge in [-0.15, -0.1) is 0 Å². The Morgan fingerprint density at radius 1 is 1.14 bits per heavy atom. The van der Waals surface area contributed by atoms with Crippen LogP contribution in [0.3, 0.4) is 0 Å². The summed E-state index contributed by atoms with van der Waals surface area (Å²) in [5.74, 6) is -0.111. The quantitative estimate of drug-likeness (QED) is 0.630. The van der Waals surface area contributed by atoms with Crippen molar-refractivity contribution in [3.05, 3.63) is 71.4 Å². The Kier molecular flexibility index (Phi) is 5.46. The number of aromatic nitrogens is 2. The number of carbonyl (C=O) groups excluding carboxylic acids is 1. The molecule has 0 radical (unpaired) electrons. The molecule has 28 heavy (non-hydrogen) atoms. The maximum Gasteiger partial charge on any atom is 0.338 e. The number of nitrogens with zero attached hydrogens (tertiary/aromatic N) is 2. The number of anilines is 1. The fourth-order valence-corrected chi connectivity index (χ4v) is 3.57. The summed E-state index contributed by atoms with van der Waals surface area (Å²) in [6.07, 6.45) is -0.764. The zero-order chi connectivity index (χ0) is 20.3. The van der Waals surface area contributed by atoms with Crippen LogP contribution in [0.2, 0.25) is 0 Å². The number of benzene rings is 2. The second-order valence-electron chi connectivity index (χ2n) is 6.23. The molecule has 3 rings (SSSR count). The van der Waals surface area contributed by atoms with Gasteiger partial charge in [-0.05, 0) is 56.7 Å². The van der Waals surface area contributed by atoms with Gasteiger partial charge < -0.3 is 9.26 Å². The molecule has 0 spiro atoms. The summed E-state index contributed by atoms with van der Waals surface area (Å²) >= 11 is 0. The molecular weight excluding hydrogens is 382 g/mol. The van der Waals surface area contributed by atoms with Gasteiger partial charge in [0, 0.05) is 5.69 Å². The Balaban J connectivity index is 1.78. The van der Waals surface area contributed by atoms with Crippen LogP contribution in [0.4, 0.5) is 5.69 Å². The molecule has 146 valence electrons. The molecule has 0 fully saturated rings. The van der Waals surface area contributed by atoms with Gasteiger partial charge in [-0.3, -0.25) is 4.72 Å². The first-order valence-electron chi connectivity index (χ1n) is 8.45. The lowest BCUT2D eigenvalue weighted by Crippen LogP contribution is -2.15. The van der Waals surface area contributed by atoms with E-state index in [1.165, 1.54) is 24.3 Å². The van der Waals surface area contributed by atoms with Crippen LogP contribution in [0.15, 0.2) is 57.9 Å². The van der Waals surface area contributed by atoms with Crippen molar-refractivity contribution in [2.75, 3.05) is 4.72 Å². The predicted octanol–water partition coefficient (Wildman–Crippen LogP) is 3.41. The van der Waals surface area contributed by atoms with Crippen molar-refractivity contribution >= 4 is 21.7 Å². The van der Waals surface area contributed by atoms with E-state index in [0.29, 0.717) is 11.5 Å².